The average Bonchev–Trinajstić information content (AvgIpc) is 3.25. The summed E-state index contributed by atoms with van der Waals surface area (Å²) in [6, 6.07) is 11.3. The van der Waals surface area contributed by atoms with E-state index in [0.717, 1.165) is 24.0 Å². The smallest absolute Gasteiger partial charge is 0.246 e. The van der Waals surface area contributed by atoms with Gasteiger partial charge in [0.1, 0.15) is 23.6 Å². The van der Waals surface area contributed by atoms with Gasteiger partial charge in [-0.1, -0.05) is 24.8 Å². The van der Waals surface area contributed by atoms with Crippen LogP contribution in [0.25, 0.3) is 22.3 Å². The number of hydrogen-bond donors (Lipinski definition) is 1. The molecule has 1 saturated heterocycles. The Bertz CT molecular complexity index is 1370. The van der Waals surface area contributed by atoms with Gasteiger partial charge in [0.25, 0.3) is 0 Å². The topological polar surface area (TPSA) is 112 Å². The molecule has 0 spiro atoms. The van der Waals surface area contributed by atoms with Gasteiger partial charge in [0.15, 0.2) is 5.65 Å². The van der Waals surface area contributed by atoms with E-state index in [4.69, 9.17) is 15.6 Å². The fourth-order valence-electron chi connectivity index (χ4n) is 4.37. The van der Waals surface area contributed by atoms with Gasteiger partial charge in [-0.25, -0.2) is 19.6 Å². The first kappa shape index (κ1) is 21.6. The maximum Gasteiger partial charge on any atom is 0.246 e. The Morgan fingerprint density at radius 3 is 2.82 bits per heavy atom. The lowest BCUT2D eigenvalue weighted by Crippen LogP contribution is -2.40. The minimum atomic E-state index is -0.0791. The summed E-state index contributed by atoms with van der Waals surface area (Å²) in [4.78, 5) is 27.2. The number of carbonyl (C=O) groups excluding carboxylic acids is 1. The Morgan fingerprint density at radius 1 is 1.24 bits per heavy atom. The van der Waals surface area contributed by atoms with Crippen molar-refractivity contribution in [2.24, 2.45) is 0 Å². The molecule has 5 rings (SSSR count). The molecule has 0 aliphatic carbocycles. The van der Waals surface area contributed by atoms with Gasteiger partial charge in [0, 0.05) is 30.9 Å². The van der Waals surface area contributed by atoms with Crippen molar-refractivity contribution in [1.82, 2.24) is 29.6 Å². The number of nitrogen functional groups attached to an aromatic ring is 1. The zero-order chi connectivity index (χ0) is 23.7. The summed E-state index contributed by atoms with van der Waals surface area (Å²) in [6.45, 7) is 6.83. The van der Waals surface area contributed by atoms with E-state index in [1.807, 2.05) is 48.0 Å². The maximum atomic E-state index is 12.2. The summed E-state index contributed by atoms with van der Waals surface area (Å²) in [5.41, 5.74) is 9.35. The SMILES string of the molecule is C=CC(=O)N1CCCC(n2nc(-c3cnc(Oc4ccccc4)cc3C)c3c(N)ncnc32)C1. The van der Waals surface area contributed by atoms with Gasteiger partial charge >= 0.3 is 0 Å². The quantitative estimate of drug-likeness (QED) is 0.454. The van der Waals surface area contributed by atoms with Crippen LogP contribution in [-0.4, -0.2) is 48.6 Å². The lowest BCUT2D eigenvalue weighted by Gasteiger charge is -2.32. The number of ether oxygens (including phenoxy) is 1. The van der Waals surface area contributed by atoms with E-state index in [9.17, 15) is 4.79 Å². The standard InChI is InChI=1S/C25H25N7O2/c1-3-21(33)31-11-7-8-17(14-31)32-25-22(24(26)28-15-29-25)23(30-32)19-13-27-20(12-16(19)2)34-18-9-5-4-6-10-18/h3-6,9-10,12-13,15,17H,1,7-8,11,14H2,2H3,(H2,26,28,29). The molecule has 4 heterocycles. The number of para-hydroxylation sites is 1. The van der Waals surface area contributed by atoms with Crippen molar-refractivity contribution >= 4 is 22.8 Å². The lowest BCUT2D eigenvalue weighted by molar-refractivity contribution is -0.127. The number of rotatable bonds is 5. The number of aryl methyl sites for hydroxylation is 1. The highest BCUT2D eigenvalue weighted by Gasteiger charge is 2.28. The second kappa shape index (κ2) is 8.93. The summed E-state index contributed by atoms with van der Waals surface area (Å²) in [5.74, 6) is 1.48. The van der Waals surface area contributed by atoms with Gasteiger partial charge in [-0.3, -0.25) is 4.79 Å². The third-order valence-corrected chi connectivity index (χ3v) is 6.05. The maximum absolute atomic E-state index is 12.2. The molecule has 1 unspecified atom stereocenters. The minimum absolute atomic E-state index is 0.0304. The van der Waals surface area contributed by atoms with E-state index in [1.165, 1.54) is 12.4 Å². The average molecular weight is 456 g/mol. The number of fused-ring (bicyclic) bond motifs is 1. The van der Waals surface area contributed by atoms with Crippen molar-refractivity contribution in [3.8, 4) is 22.9 Å². The molecule has 9 heteroatoms. The second-order valence-corrected chi connectivity index (χ2v) is 8.29. The number of benzene rings is 1. The molecule has 1 aliphatic heterocycles. The molecule has 0 radical (unpaired) electrons. The largest absolute Gasteiger partial charge is 0.439 e. The number of anilines is 1. The summed E-state index contributed by atoms with van der Waals surface area (Å²) in [6.07, 6.45) is 6.27. The number of piperidine rings is 1. The summed E-state index contributed by atoms with van der Waals surface area (Å²) < 4.78 is 7.75. The normalized spacial score (nSPS) is 15.9. The second-order valence-electron chi connectivity index (χ2n) is 8.29. The Morgan fingerprint density at radius 2 is 2.06 bits per heavy atom. The van der Waals surface area contributed by atoms with Crippen LogP contribution in [0.2, 0.25) is 0 Å². The Labute approximate surface area is 196 Å². The van der Waals surface area contributed by atoms with Gasteiger partial charge in [-0.15, -0.1) is 0 Å². The van der Waals surface area contributed by atoms with Crippen LogP contribution in [0.15, 0.2) is 61.6 Å². The monoisotopic (exact) mass is 455 g/mol. The first-order valence-corrected chi connectivity index (χ1v) is 11.1. The highest BCUT2D eigenvalue weighted by atomic mass is 16.5. The van der Waals surface area contributed by atoms with Gasteiger partial charge in [-0.05, 0) is 43.5 Å². The van der Waals surface area contributed by atoms with Crippen molar-refractivity contribution in [3.05, 3.63) is 67.1 Å². The van der Waals surface area contributed by atoms with Crippen molar-refractivity contribution in [2.45, 2.75) is 25.8 Å². The van der Waals surface area contributed by atoms with Crippen molar-refractivity contribution in [2.75, 3.05) is 18.8 Å². The molecule has 4 aromatic rings. The van der Waals surface area contributed by atoms with Crippen molar-refractivity contribution < 1.29 is 9.53 Å². The van der Waals surface area contributed by atoms with Crippen LogP contribution >= 0.6 is 0 Å². The molecule has 9 nitrogen and oxygen atoms in total. The number of likely N-dealkylation sites (tertiary alicyclic amines) is 1. The molecule has 1 amide bonds. The number of aromatic nitrogens is 5. The van der Waals surface area contributed by atoms with Crippen molar-refractivity contribution in [3.63, 3.8) is 0 Å². The number of pyridine rings is 1. The fourth-order valence-corrected chi connectivity index (χ4v) is 4.37. The molecule has 172 valence electrons. The van der Waals surface area contributed by atoms with Crippen LogP contribution in [0.3, 0.4) is 0 Å². The van der Waals surface area contributed by atoms with Gasteiger partial charge in [-0.2, -0.15) is 5.10 Å². The first-order valence-electron chi connectivity index (χ1n) is 11.1. The molecule has 1 aliphatic rings. The molecule has 1 atom stereocenters. The van der Waals surface area contributed by atoms with Crippen LogP contribution in [0.4, 0.5) is 5.82 Å². The van der Waals surface area contributed by atoms with E-state index in [2.05, 4.69) is 21.5 Å². The molecule has 34 heavy (non-hydrogen) atoms. The molecule has 0 bridgehead atoms. The minimum Gasteiger partial charge on any atom is -0.439 e. The Kier molecular flexibility index (Phi) is 5.67. The number of carbonyl (C=O) groups is 1. The van der Waals surface area contributed by atoms with Gasteiger partial charge < -0.3 is 15.4 Å². The van der Waals surface area contributed by atoms with Crippen LogP contribution in [0, 0.1) is 6.92 Å². The third-order valence-electron chi connectivity index (χ3n) is 6.05. The highest BCUT2D eigenvalue weighted by molar-refractivity contribution is 5.98. The molecule has 1 aromatic carbocycles. The molecule has 1 fully saturated rings. The number of hydrogen-bond acceptors (Lipinski definition) is 7. The zero-order valence-electron chi connectivity index (χ0n) is 18.9. The highest BCUT2D eigenvalue weighted by Crippen LogP contribution is 2.35. The third kappa shape index (κ3) is 3.96. The van der Waals surface area contributed by atoms with E-state index < -0.39 is 0 Å². The number of nitrogens with two attached hydrogens (primary N) is 1. The Hall–Kier alpha value is -4.27. The van der Waals surface area contributed by atoms with E-state index in [0.29, 0.717) is 47.3 Å². The predicted octanol–water partition coefficient (Wildman–Crippen LogP) is 3.92. The molecule has 2 N–H and O–H groups in total. The predicted molar refractivity (Wildman–Crippen MR) is 129 cm³/mol. The van der Waals surface area contributed by atoms with Gasteiger partial charge in [0.05, 0.1) is 11.4 Å². The van der Waals surface area contributed by atoms with Crippen LogP contribution < -0.4 is 10.5 Å². The zero-order valence-corrected chi connectivity index (χ0v) is 18.9. The molecule has 3 aromatic heterocycles. The summed E-state index contributed by atoms with van der Waals surface area (Å²) >= 11 is 0. The lowest BCUT2D eigenvalue weighted by atomic mass is 10.1. The summed E-state index contributed by atoms with van der Waals surface area (Å²) in [7, 11) is 0. The fraction of sp³-hybridized carbons (Fsp3) is 0.240. The van der Waals surface area contributed by atoms with Crippen LogP contribution in [0.5, 0.6) is 11.6 Å². The first-order chi connectivity index (χ1) is 16.5. The van der Waals surface area contributed by atoms with E-state index in [-0.39, 0.29) is 11.9 Å². The van der Waals surface area contributed by atoms with E-state index >= 15 is 0 Å². The van der Waals surface area contributed by atoms with Gasteiger partial charge in [0.2, 0.25) is 11.8 Å². The van der Waals surface area contributed by atoms with Crippen LogP contribution in [-0.2, 0) is 4.79 Å². The molecular formula is C25H25N7O2. The number of amides is 1. The molecular weight excluding hydrogens is 430 g/mol. The van der Waals surface area contributed by atoms with E-state index in [1.54, 1.807) is 11.1 Å². The summed E-state index contributed by atoms with van der Waals surface area (Å²) in [5, 5.41) is 5.60. The Balaban J connectivity index is 1.54. The van der Waals surface area contributed by atoms with Crippen LogP contribution in [0.1, 0.15) is 24.4 Å². The molecule has 0 saturated carbocycles. The van der Waals surface area contributed by atoms with Crippen molar-refractivity contribution in [1.29, 1.82) is 0 Å². The number of nitrogens with zero attached hydrogens (tertiary/aromatic N) is 6.